The normalized spacial score (nSPS) is 10.9. The molecule has 0 fully saturated rings. The van der Waals surface area contributed by atoms with E-state index in [4.69, 9.17) is 9.47 Å². The van der Waals surface area contributed by atoms with Crippen LogP contribution < -0.4 is 9.47 Å². The summed E-state index contributed by atoms with van der Waals surface area (Å²) >= 11 is 0. The molecule has 0 saturated heterocycles. The fourth-order valence-electron chi connectivity index (χ4n) is 3.58. The number of benzene rings is 4. The van der Waals surface area contributed by atoms with Crippen molar-refractivity contribution in [2.75, 3.05) is 0 Å². The van der Waals surface area contributed by atoms with Crippen molar-refractivity contribution >= 4 is 33.5 Å². The third kappa shape index (κ3) is 3.64. The fourth-order valence-corrected chi connectivity index (χ4v) is 3.58. The van der Waals surface area contributed by atoms with E-state index < -0.39 is 0 Å². The predicted molar refractivity (Wildman–Crippen MR) is 119 cm³/mol. The molecule has 0 N–H and O–H groups in total. The van der Waals surface area contributed by atoms with E-state index in [1.54, 1.807) is 26.0 Å². The van der Waals surface area contributed by atoms with Crippen LogP contribution in [0.5, 0.6) is 11.5 Å². The highest BCUT2D eigenvalue weighted by molar-refractivity contribution is 6.10. The zero-order valence-corrected chi connectivity index (χ0v) is 17.0. The molecule has 0 amide bonds. The predicted octanol–water partition coefficient (Wildman–Crippen LogP) is 6.29. The molecule has 0 aliphatic heterocycles. The fraction of sp³-hybridized carbons (Fsp3) is 0.154. The maximum absolute atomic E-state index is 12.2. The lowest BCUT2D eigenvalue weighted by atomic mass is 9.92. The Balaban J connectivity index is 2.10. The summed E-state index contributed by atoms with van der Waals surface area (Å²) in [4.78, 5) is 24.3. The molecular formula is C26H22O4. The molecule has 4 aromatic carbocycles. The van der Waals surface area contributed by atoms with Gasteiger partial charge in [-0.3, -0.25) is 9.59 Å². The highest BCUT2D eigenvalue weighted by Crippen LogP contribution is 2.45. The number of carbonyl (C=O) groups is 2. The van der Waals surface area contributed by atoms with Gasteiger partial charge in [-0.05, 0) is 33.7 Å². The molecule has 0 bridgehead atoms. The average Bonchev–Trinajstić information content (AvgIpc) is 2.79. The molecule has 0 aliphatic carbocycles. The van der Waals surface area contributed by atoms with Crippen LogP contribution in [0.15, 0.2) is 72.8 Å². The molecule has 4 heteroatoms. The Labute approximate surface area is 175 Å². The number of ether oxygens (including phenoxy) is 2. The van der Waals surface area contributed by atoms with Gasteiger partial charge in [-0.15, -0.1) is 0 Å². The van der Waals surface area contributed by atoms with E-state index in [1.807, 2.05) is 60.7 Å². The zero-order chi connectivity index (χ0) is 21.1. The van der Waals surface area contributed by atoms with Gasteiger partial charge in [0.05, 0.1) is 0 Å². The van der Waals surface area contributed by atoms with Crippen molar-refractivity contribution < 1.29 is 19.1 Å². The smallest absolute Gasteiger partial charge is 0.310 e. The third-order valence-electron chi connectivity index (χ3n) is 5.06. The van der Waals surface area contributed by atoms with Crippen LogP contribution in [0.1, 0.15) is 26.7 Å². The standard InChI is InChI=1S/C26H22O4/c1-3-23(27)29-21-15-13-17-9-5-7-11-19(17)25(21)26-20-12-8-6-10-18(20)14-16-22(26)30-24(28)4-2/h5-16H,3-4H2,1-2H3. The molecule has 0 atom stereocenters. The van der Waals surface area contributed by atoms with E-state index in [0.29, 0.717) is 11.5 Å². The quantitative estimate of drug-likeness (QED) is 0.293. The summed E-state index contributed by atoms with van der Waals surface area (Å²) in [6, 6.07) is 23.3. The summed E-state index contributed by atoms with van der Waals surface area (Å²) in [5.41, 5.74) is 1.48. The molecule has 150 valence electrons. The van der Waals surface area contributed by atoms with Gasteiger partial charge in [0.2, 0.25) is 0 Å². The maximum atomic E-state index is 12.2. The van der Waals surface area contributed by atoms with E-state index in [2.05, 4.69) is 0 Å². The Bertz CT molecular complexity index is 1160. The van der Waals surface area contributed by atoms with Gasteiger partial charge in [0.1, 0.15) is 11.5 Å². The number of rotatable bonds is 5. The van der Waals surface area contributed by atoms with Crippen LogP contribution in [-0.4, -0.2) is 11.9 Å². The summed E-state index contributed by atoms with van der Waals surface area (Å²) in [5, 5.41) is 3.85. The summed E-state index contributed by atoms with van der Waals surface area (Å²) in [6.45, 7) is 3.52. The van der Waals surface area contributed by atoms with Gasteiger partial charge in [0, 0.05) is 24.0 Å². The first kappa shape index (κ1) is 19.6. The largest absolute Gasteiger partial charge is 0.426 e. The lowest BCUT2D eigenvalue weighted by molar-refractivity contribution is -0.135. The molecule has 0 heterocycles. The van der Waals surface area contributed by atoms with E-state index in [1.165, 1.54) is 0 Å². The molecule has 0 unspecified atom stereocenters. The zero-order valence-electron chi connectivity index (χ0n) is 17.0. The minimum atomic E-state index is -0.320. The van der Waals surface area contributed by atoms with Gasteiger partial charge in [-0.1, -0.05) is 74.5 Å². The van der Waals surface area contributed by atoms with Crippen LogP contribution in [0, 0.1) is 0 Å². The van der Waals surface area contributed by atoms with Crippen molar-refractivity contribution in [3.05, 3.63) is 72.8 Å². The average molecular weight is 398 g/mol. The molecule has 0 aromatic heterocycles. The van der Waals surface area contributed by atoms with E-state index >= 15 is 0 Å². The molecule has 0 spiro atoms. The SMILES string of the molecule is CCC(=O)Oc1ccc2ccccc2c1-c1c(OC(=O)CC)ccc2ccccc12. The Kier molecular flexibility index (Phi) is 5.48. The van der Waals surface area contributed by atoms with Gasteiger partial charge < -0.3 is 9.47 Å². The maximum Gasteiger partial charge on any atom is 0.310 e. The minimum Gasteiger partial charge on any atom is -0.426 e. The van der Waals surface area contributed by atoms with E-state index in [9.17, 15) is 9.59 Å². The second kappa shape index (κ2) is 8.37. The van der Waals surface area contributed by atoms with Crippen molar-refractivity contribution in [1.82, 2.24) is 0 Å². The monoisotopic (exact) mass is 398 g/mol. The van der Waals surface area contributed by atoms with Crippen LogP contribution in [0.4, 0.5) is 0 Å². The van der Waals surface area contributed by atoms with Crippen LogP contribution in [0.2, 0.25) is 0 Å². The second-order valence-electron chi connectivity index (χ2n) is 6.97. The third-order valence-corrected chi connectivity index (χ3v) is 5.06. The number of carbonyl (C=O) groups excluding carboxylic acids is 2. The van der Waals surface area contributed by atoms with Crippen LogP contribution in [0.25, 0.3) is 32.7 Å². The minimum absolute atomic E-state index is 0.263. The van der Waals surface area contributed by atoms with Crippen LogP contribution in [0.3, 0.4) is 0 Å². The van der Waals surface area contributed by atoms with Crippen molar-refractivity contribution in [1.29, 1.82) is 0 Å². The number of fused-ring (bicyclic) bond motifs is 2. The Morgan fingerprint density at radius 3 is 1.40 bits per heavy atom. The van der Waals surface area contributed by atoms with Gasteiger partial charge in [0.25, 0.3) is 0 Å². The van der Waals surface area contributed by atoms with Crippen molar-refractivity contribution in [3.8, 4) is 22.6 Å². The molecule has 4 aromatic rings. The highest BCUT2D eigenvalue weighted by atomic mass is 16.5. The molecule has 0 aliphatic rings. The van der Waals surface area contributed by atoms with Crippen LogP contribution in [-0.2, 0) is 9.59 Å². The van der Waals surface area contributed by atoms with Crippen molar-refractivity contribution in [2.24, 2.45) is 0 Å². The van der Waals surface area contributed by atoms with E-state index in [0.717, 1.165) is 32.7 Å². The summed E-state index contributed by atoms with van der Waals surface area (Å²) < 4.78 is 11.4. The molecule has 0 radical (unpaired) electrons. The van der Waals surface area contributed by atoms with Gasteiger partial charge >= 0.3 is 11.9 Å². The first-order valence-electron chi connectivity index (χ1n) is 10.1. The first-order chi connectivity index (χ1) is 14.6. The Morgan fingerprint density at radius 2 is 1.00 bits per heavy atom. The topological polar surface area (TPSA) is 52.6 Å². The molecular weight excluding hydrogens is 376 g/mol. The Hall–Kier alpha value is -3.66. The molecule has 4 rings (SSSR count). The van der Waals surface area contributed by atoms with Crippen molar-refractivity contribution in [2.45, 2.75) is 26.7 Å². The lowest BCUT2D eigenvalue weighted by Crippen LogP contribution is -2.09. The molecule has 4 nitrogen and oxygen atoms in total. The van der Waals surface area contributed by atoms with E-state index in [-0.39, 0.29) is 24.8 Å². The number of hydrogen-bond donors (Lipinski definition) is 0. The number of esters is 2. The molecule has 0 saturated carbocycles. The second-order valence-corrected chi connectivity index (χ2v) is 6.97. The highest BCUT2D eigenvalue weighted by Gasteiger charge is 2.21. The van der Waals surface area contributed by atoms with Gasteiger partial charge in [-0.2, -0.15) is 0 Å². The summed E-state index contributed by atoms with van der Waals surface area (Å²) in [7, 11) is 0. The van der Waals surface area contributed by atoms with Gasteiger partial charge in [0.15, 0.2) is 0 Å². The van der Waals surface area contributed by atoms with Crippen molar-refractivity contribution in [3.63, 3.8) is 0 Å². The first-order valence-corrected chi connectivity index (χ1v) is 10.1. The lowest BCUT2D eigenvalue weighted by Gasteiger charge is -2.18. The summed E-state index contributed by atoms with van der Waals surface area (Å²) in [6.07, 6.45) is 0.527. The van der Waals surface area contributed by atoms with Crippen LogP contribution >= 0.6 is 0 Å². The molecule has 30 heavy (non-hydrogen) atoms. The van der Waals surface area contributed by atoms with Gasteiger partial charge in [-0.25, -0.2) is 0 Å². The summed E-state index contributed by atoms with van der Waals surface area (Å²) in [5.74, 6) is 0.258. The Morgan fingerprint density at radius 1 is 0.600 bits per heavy atom. The number of hydrogen-bond acceptors (Lipinski definition) is 4.